The summed E-state index contributed by atoms with van der Waals surface area (Å²) in [5.74, 6) is -1.17. The van der Waals surface area contributed by atoms with Gasteiger partial charge in [-0.05, 0) is 31.0 Å². The third-order valence-electron chi connectivity index (χ3n) is 2.90. The predicted octanol–water partition coefficient (Wildman–Crippen LogP) is 1.52. The third kappa shape index (κ3) is 5.28. The lowest BCUT2D eigenvalue weighted by molar-refractivity contribution is 0.0696. The molecule has 0 fully saturated rings. The molecular formula is C14H22N2O5S. The molecule has 8 heteroatoms. The fourth-order valence-corrected chi connectivity index (χ4v) is 3.12. The van der Waals surface area contributed by atoms with Gasteiger partial charge in [-0.1, -0.05) is 6.92 Å². The van der Waals surface area contributed by atoms with Crippen LogP contribution in [0.1, 0.15) is 30.1 Å². The van der Waals surface area contributed by atoms with Gasteiger partial charge in [-0.15, -0.1) is 0 Å². The number of carboxylic acids is 1. The minimum atomic E-state index is -3.76. The van der Waals surface area contributed by atoms with Gasteiger partial charge in [-0.2, -0.15) is 0 Å². The van der Waals surface area contributed by atoms with Crippen LogP contribution in [0, 0.1) is 0 Å². The molecule has 0 unspecified atom stereocenters. The molecule has 0 saturated carbocycles. The van der Waals surface area contributed by atoms with E-state index in [4.69, 9.17) is 9.84 Å². The smallest absolute Gasteiger partial charge is 0.335 e. The normalized spacial score (nSPS) is 11.4. The molecule has 7 nitrogen and oxygen atoms in total. The first-order valence-electron chi connectivity index (χ1n) is 7.02. The zero-order chi connectivity index (χ0) is 16.6. The molecule has 1 aromatic carbocycles. The van der Waals surface area contributed by atoms with E-state index < -0.39 is 16.0 Å². The molecule has 124 valence electrons. The lowest BCUT2D eigenvalue weighted by Crippen LogP contribution is -2.26. The molecule has 0 heterocycles. The first-order chi connectivity index (χ1) is 10.4. The molecule has 1 aromatic rings. The molecule has 0 amide bonds. The maximum absolute atomic E-state index is 12.3. The van der Waals surface area contributed by atoms with E-state index >= 15 is 0 Å². The molecule has 0 bridgehead atoms. The van der Waals surface area contributed by atoms with Crippen LogP contribution in [0.25, 0.3) is 0 Å². The van der Waals surface area contributed by atoms with E-state index in [0.717, 1.165) is 0 Å². The Bertz CT molecular complexity index is 601. The minimum Gasteiger partial charge on any atom is -0.478 e. The van der Waals surface area contributed by atoms with Gasteiger partial charge in [0.1, 0.15) is 4.90 Å². The monoisotopic (exact) mass is 330 g/mol. The van der Waals surface area contributed by atoms with Crippen molar-refractivity contribution in [2.45, 2.75) is 24.7 Å². The second-order valence-electron chi connectivity index (χ2n) is 4.69. The second-order valence-corrected chi connectivity index (χ2v) is 6.42. The Balaban J connectivity index is 3.07. The molecule has 3 N–H and O–H groups in total. The molecule has 1 rings (SSSR count). The molecule has 0 spiro atoms. The summed E-state index contributed by atoms with van der Waals surface area (Å²) >= 11 is 0. The van der Waals surface area contributed by atoms with E-state index in [1.165, 1.54) is 18.2 Å². The van der Waals surface area contributed by atoms with Gasteiger partial charge in [0.05, 0.1) is 11.3 Å². The average Bonchev–Trinajstić information content (AvgIpc) is 2.49. The molecule has 0 aliphatic heterocycles. The molecule has 22 heavy (non-hydrogen) atoms. The fourth-order valence-electron chi connectivity index (χ4n) is 1.78. The van der Waals surface area contributed by atoms with Crippen molar-refractivity contribution in [1.29, 1.82) is 0 Å². The highest BCUT2D eigenvalue weighted by atomic mass is 32.2. The summed E-state index contributed by atoms with van der Waals surface area (Å²) < 4.78 is 32.0. The summed E-state index contributed by atoms with van der Waals surface area (Å²) in [7, 11) is -2.17. The average molecular weight is 330 g/mol. The highest BCUT2D eigenvalue weighted by molar-refractivity contribution is 7.89. The Kier molecular flexibility index (Phi) is 7.30. The van der Waals surface area contributed by atoms with Crippen LogP contribution >= 0.6 is 0 Å². The maximum atomic E-state index is 12.3. The van der Waals surface area contributed by atoms with Crippen molar-refractivity contribution in [3.63, 3.8) is 0 Å². The number of sulfonamides is 1. The van der Waals surface area contributed by atoms with Crippen molar-refractivity contribution in [1.82, 2.24) is 4.72 Å². The number of nitrogens with one attached hydrogen (secondary N) is 2. The topological polar surface area (TPSA) is 105 Å². The van der Waals surface area contributed by atoms with Crippen molar-refractivity contribution in [3.8, 4) is 0 Å². The van der Waals surface area contributed by atoms with E-state index in [0.29, 0.717) is 38.2 Å². The molecule has 0 saturated heterocycles. The quantitative estimate of drug-likeness (QED) is 0.562. The van der Waals surface area contributed by atoms with Crippen molar-refractivity contribution in [3.05, 3.63) is 23.8 Å². The number of benzene rings is 1. The number of carbonyl (C=O) groups is 1. The zero-order valence-electron chi connectivity index (χ0n) is 12.8. The lowest BCUT2D eigenvalue weighted by atomic mass is 10.2. The first kappa shape index (κ1) is 18.4. The molecule has 0 aliphatic rings. The van der Waals surface area contributed by atoms with Gasteiger partial charge >= 0.3 is 5.97 Å². The summed E-state index contributed by atoms with van der Waals surface area (Å²) in [6, 6.07) is 4.01. The van der Waals surface area contributed by atoms with Crippen molar-refractivity contribution >= 4 is 21.7 Å². The second kappa shape index (κ2) is 8.72. The Morgan fingerprint density at radius 2 is 2.05 bits per heavy atom. The summed E-state index contributed by atoms with van der Waals surface area (Å²) in [6.07, 6.45) is 1.35. The Morgan fingerprint density at radius 3 is 2.64 bits per heavy atom. The van der Waals surface area contributed by atoms with Crippen LogP contribution < -0.4 is 10.0 Å². The van der Waals surface area contributed by atoms with Crippen molar-refractivity contribution in [2.75, 3.05) is 32.1 Å². The number of ether oxygens (including phenoxy) is 1. The van der Waals surface area contributed by atoms with Gasteiger partial charge in [0.25, 0.3) is 0 Å². The molecule has 0 aromatic heterocycles. The molecule has 0 aliphatic carbocycles. The van der Waals surface area contributed by atoms with E-state index in [9.17, 15) is 13.2 Å². The number of hydrogen-bond acceptors (Lipinski definition) is 5. The largest absolute Gasteiger partial charge is 0.478 e. The van der Waals surface area contributed by atoms with Gasteiger partial charge in [0.15, 0.2) is 0 Å². The number of rotatable bonds is 10. The van der Waals surface area contributed by atoms with E-state index in [-0.39, 0.29) is 10.5 Å². The summed E-state index contributed by atoms with van der Waals surface area (Å²) in [5.41, 5.74) is 0.309. The zero-order valence-corrected chi connectivity index (χ0v) is 13.6. The number of hydrogen-bond donors (Lipinski definition) is 3. The number of methoxy groups -OCH3 is 1. The number of anilines is 1. The lowest BCUT2D eigenvalue weighted by Gasteiger charge is -2.14. The SMILES string of the molecule is CCCNS(=O)(=O)c1cc(C(=O)O)ccc1NCCCOC. The van der Waals surface area contributed by atoms with Crippen molar-refractivity contribution in [2.24, 2.45) is 0 Å². The molecular weight excluding hydrogens is 308 g/mol. The summed E-state index contributed by atoms with van der Waals surface area (Å²) in [4.78, 5) is 11.0. The Labute approximate surface area is 130 Å². The fraction of sp³-hybridized carbons (Fsp3) is 0.500. The highest BCUT2D eigenvalue weighted by Gasteiger charge is 2.20. The van der Waals surface area contributed by atoms with Crippen LogP contribution in [-0.2, 0) is 14.8 Å². The van der Waals surface area contributed by atoms with Crippen LogP contribution in [0.3, 0.4) is 0 Å². The van der Waals surface area contributed by atoms with Crippen LogP contribution in [0.2, 0.25) is 0 Å². The van der Waals surface area contributed by atoms with Crippen LogP contribution in [-0.4, -0.2) is 46.3 Å². The van der Waals surface area contributed by atoms with Crippen LogP contribution in [0.15, 0.2) is 23.1 Å². The molecule has 0 radical (unpaired) electrons. The maximum Gasteiger partial charge on any atom is 0.335 e. The summed E-state index contributed by atoms with van der Waals surface area (Å²) in [6.45, 7) is 3.22. The predicted molar refractivity (Wildman–Crippen MR) is 83.9 cm³/mol. The van der Waals surface area contributed by atoms with Gasteiger partial charge in [0.2, 0.25) is 10.0 Å². The standard InChI is InChI=1S/C14H22N2O5S/c1-3-7-16-22(19,20)13-10-11(14(17)18)5-6-12(13)15-8-4-9-21-2/h5-6,10,15-16H,3-4,7-9H2,1-2H3,(H,17,18). The Morgan fingerprint density at radius 1 is 1.32 bits per heavy atom. The molecule has 0 atom stereocenters. The van der Waals surface area contributed by atoms with Gasteiger partial charge in [-0.25, -0.2) is 17.9 Å². The van der Waals surface area contributed by atoms with E-state index in [1.807, 2.05) is 6.92 Å². The van der Waals surface area contributed by atoms with E-state index in [1.54, 1.807) is 7.11 Å². The number of carboxylic acid groups (broad SMARTS) is 1. The number of aromatic carboxylic acids is 1. The Hall–Kier alpha value is -1.64. The van der Waals surface area contributed by atoms with Gasteiger partial charge < -0.3 is 15.2 Å². The summed E-state index contributed by atoms with van der Waals surface area (Å²) in [5, 5.41) is 12.0. The van der Waals surface area contributed by atoms with Crippen molar-refractivity contribution < 1.29 is 23.1 Å². The van der Waals surface area contributed by atoms with Crippen LogP contribution in [0.5, 0.6) is 0 Å². The minimum absolute atomic E-state index is 0.0572. The third-order valence-corrected chi connectivity index (χ3v) is 4.40. The van der Waals surface area contributed by atoms with E-state index in [2.05, 4.69) is 10.0 Å². The van der Waals surface area contributed by atoms with Gasteiger partial charge in [0, 0.05) is 26.8 Å². The first-order valence-corrected chi connectivity index (χ1v) is 8.50. The highest BCUT2D eigenvalue weighted by Crippen LogP contribution is 2.23. The van der Waals surface area contributed by atoms with Gasteiger partial charge in [-0.3, -0.25) is 0 Å². The van der Waals surface area contributed by atoms with Crippen LogP contribution in [0.4, 0.5) is 5.69 Å².